The van der Waals surface area contributed by atoms with Crippen LogP contribution in [-0.4, -0.2) is 62.2 Å². The molecule has 0 atom stereocenters. The van der Waals surface area contributed by atoms with Crippen molar-refractivity contribution in [2.24, 2.45) is 7.05 Å². The van der Waals surface area contributed by atoms with E-state index < -0.39 is 10.0 Å². The van der Waals surface area contributed by atoms with Crippen LogP contribution in [0.25, 0.3) is 0 Å². The van der Waals surface area contributed by atoms with Crippen LogP contribution in [0.15, 0.2) is 35.4 Å². The Hall–Kier alpha value is -2.39. The highest BCUT2D eigenvalue weighted by atomic mass is 32.2. The maximum atomic E-state index is 13.0. The number of unbranched alkanes of at least 4 members (excludes halogenated alkanes) is 1. The summed E-state index contributed by atoms with van der Waals surface area (Å²) in [5.41, 5.74) is 1.21. The van der Waals surface area contributed by atoms with E-state index in [4.69, 9.17) is 0 Å². The number of benzene rings is 1. The van der Waals surface area contributed by atoms with E-state index >= 15 is 0 Å². The zero-order chi connectivity index (χ0) is 22.3. The SMILES string of the molecule is CCN(CC)CCCCNC(=O)c1cnn(C)c1N(C)S(=O)(=O)c1ccc(C)cc1. The second-order valence-corrected chi connectivity index (χ2v) is 9.25. The molecule has 0 saturated carbocycles. The summed E-state index contributed by atoms with van der Waals surface area (Å²) in [6, 6.07) is 6.62. The van der Waals surface area contributed by atoms with Crippen molar-refractivity contribution in [1.29, 1.82) is 0 Å². The molecule has 8 nitrogen and oxygen atoms in total. The van der Waals surface area contributed by atoms with Crippen molar-refractivity contribution in [3.63, 3.8) is 0 Å². The lowest BCUT2D eigenvalue weighted by Gasteiger charge is -2.21. The molecule has 0 spiro atoms. The number of carbonyl (C=O) groups is 1. The van der Waals surface area contributed by atoms with Crippen molar-refractivity contribution in [1.82, 2.24) is 20.0 Å². The smallest absolute Gasteiger partial charge is 0.265 e. The Balaban J connectivity index is 2.08. The van der Waals surface area contributed by atoms with Crippen LogP contribution in [0.5, 0.6) is 0 Å². The van der Waals surface area contributed by atoms with Gasteiger partial charge in [0.05, 0.1) is 11.1 Å². The number of nitrogens with one attached hydrogen (secondary N) is 1. The second kappa shape index (κ2) is 10.6. The van der Waals surface area contributed by atoms with Gasteiger partial charge < -0.3 is 10.2 Å². The number of aryl methyl sites for hydroxylation is 2. The first-order chi connectivity index (χ1) is 14.2. The van der Waals surface area contributed by atoms with E-state index in [2.05, 4.69) is 29.2 Å². The van der Waals surface area contributed by atoms with Gasteiger partial charge in [-0.15, -0.1) is 0 Å². The van der Waals surface area contributed by atoms with Crippen LogP contribution in [0.2, 0.25) is 0 Å². The number of hydrogen-bond acceptors (Lipinski definition) is 5. The fourth-order valence-corrected chi connectivity index (χ4v) is 4.48. The van der Waals surface area contributed by atoms with Gasteiger partial charge >= 0.3 is 0 Å². The molecule has 1 heterocycles. The van der Waals surface area contributed by atoms with Gasteiger partial charge in [-0.1, -0.05) is 31.5 Å². The van der Waals surface area contributed by atoms with Gasteiger partial charge in [-0.25, -0.2) is 8.42 Å². The van der Waals surface area contributed by atoms with Crippen LogP contribution in [0, 0.1) is 6.92 Å². The Bertz CT molecular complexity index is 934. The van der Waals surface area contributed by atoms with Gasteiger partial charge in [0, 0.05) is 20.6 Å². The van der Waals surface area contributed by atoms with Crippen molar-refractivity contribution in [3.8, 4) is 0 Å². The first-order valence-electron chi connectivity index (χ1n) is 10.3. The molecule has 1 amide bonds. The monoisotopic (exact) mass is 435 g/mol. The Morgan fingerprint density at radius 3 is 2.37 bits per heavy atom. The lowest BCUT2D eigenvalue weighted by molar-refractivity contribution is 0.0953. The molecule has 166 valence electrons. The minimum atomic E-state index is -3.81. The molecule has 0 bridgehead atoms. The predicted octanol–water partition coefficient (Wildman–Crippen LogP) is 2.41. The van der Waals surface area contributed by atoms with Crippen LogP contribution >= 0.6 is 0 Å². The van der Waals surface area contributed by atoms with Crippen LogP contribution in [0.4, 0.5) is 5.82 Å². The summed E-state index contributed by atoms with van der Waals surface area (Å²) in [4.78, 5) is 15.2. The molecule has 0 aliphatic rings. The number of anilines is 1. The van der Waals surface area contributed by atoms with Crippen LogP contribution in [0.1, 0.15) is 42.6 Å². The largest absolute Gasteiger partial charge is 0.352 e. The predicted molar refractivity (Wildman–Crippen MR) is 119 cm³/mol. The van der Waals surface area contributed by atoms with Crippen molar-refractivity contribution < 1.29 is 13.2 Å². The molecule has 2 aromatic rings. The Labute approximate surface area is 179 Å². The van der Waals surface area contributed by atoms with E-state index in [1.165, 1.54) is 17.9 Å². The molecule has 0 fully saturated rings. The zero-order valence-corrected chi connectivity index (χ0v) is 19.4. The summed E-state index contributed by atoms with van der Waals surface area (Å²) in [6.45, 7) is 9.73. The summed E-state index contributed by atoms with van der Waals surface area (Å²) >= 11 is 0. The number of sulfonamides is 1. The molecule has 2 rings (SSSR count). The highest BCUT2D eigenvalue weighted by Crippen LogP contribution is 2.25. The number of nitrogens with zero attached hydrogens (tertiary/aromatic N) is 4. The van der Waals surface area contributed by atoms with Crippen molar-refractivity contribution in [2.45, 2.75) is 38.5 Å². The number of amides is 1. The number of hydrogen-bond donors (Lipinski definition) is 1. The third-order valence-electron chi connectivity index (χ3n) is 5.21. The molecule has 1 aromatic heterocycles. The van der Waals surface area contributed by atoms with Gasteiger partial charge in [0.2, 0.25) is 0 Å². The Morgan fingerprint density at radius 2 is 1.77 bits per heavy atom. The van der Waals surface area contributed by atoms with Crippen LogP contribution < -0.4 is 9.62 Å². The second-order valence-electron chi connectivity index (χ2n) is 7.28. The van der Waals surface area contributed by atoms with Gasteiger partial charge in [0.1, 0.15) is 5.56 Å². The maximum Gasteiger partial charge on any atom is 0.265 e. The van der Waals surface area contributed by atoms with Gasteiger partial charge in [0.25, 0.3) is 15.9 Å². The molecule has 0 aliphatic heterocycles. The quantitative estimate of drug-likeness (QED) is 0.548. The van der Waals surface area contributed by atoms with Crippen LogP contribution in [-0.2, 0) is 17.1 Å². The minimum Gasteiger partial charge on any atom is -0.352 e. The summed E-state index contributed by atoms with van der Waals surface area (Å²) in [5, 5.41) is 7.00. The number of aromatic nitrogens is 2. The number of rotatable bonds is 11. The third kappa shape index (κ3) is 5.60. The number of carbonyl (C=O) groups excluding carboxylic acids is 1. The highest BCUT2D eigenvalue weighted by Gasteiger charge is 2.28. The van der Waals surface area contributed by atoms with Gasteiger partial charge in [-0.2, -0.15) is 5.10 Å². The molecular formula is C21H33N5O3S. The topological polar surface area (TPSA) is 87.5 Å². The fourth-order valence-electron chi connectivity index (χ4n) is 3.24. The van der Waals surface area contributed by atoms with Crippen LogP contribution in [0.3, 0.4) is 0 Å². The Morgan fingerprint density at radius 1 is 1.13 bits per heavy atom. The lowest BCUT2D eigenvalue weighted by atomic mass is 10.2. The molecule has 9 heteroatoms. The molecule has 1 N–H and O–H groups in total. The Kier molecular flexibility index (Phi) is 8.43. The third-order valence-corrected chi connectivity index (χ3v) is 6.97. The van der Waals surface area contributed by atoms with E-state index in [1.54, 1.807) is 31.3 Å². The summed E-state index contributed by atoms with van der Waals surface area (Å²) in [5.74, 6) is -0.0943. The minimum absolute atomic E-state index is 0.166. The van der Waals surface area contributed by atoms with Crippen molar-refractivity contribution in [2.75, 3.05) is 37.5 Å². The average molecular weight is 436 g/mol. The van der Waals surface area contributed by atoms with E-state index in [0.717, 1.165) is 42.3 Å². The highest BCUT2D eigenvalue weighted by molar-refractivity contribution is 7.92. The summed E-state index contributed by atoms with van der Waals surface area (Å²) in [7, 11) is -0.755. The summed E-state index contributed by atoms with van der Waals surface area (Å²) in [6.07, 6.45) is 3.25. The van der Waals surface area contributed by atoms with Crippen molar-refractivity contribution >= 4 is 21.7 Å². The summed E-state index contributed by atoms with van der Waals surface area (Å²) < 4.78 is 28.6. The van der Waals surface area contributed by atoms with Gasteiger partial charge in [0.15, 0.2) is 5.82 Å². The van der Waals surface area contributed by atoms with Gasteiger partial charge in [-0.3, -0.25) is 13.8 Å². The standard InChI is InChI=1S/C21H33N5O3S/c1-6-26(7-2)15-9-8-14-22-20(27)19-16-23-24(4)21(19)25(5)30(28,29)18-12-10-17(3)11-13-18/h10-13,16H,6-9,14-15H2,1-5H3,(H,22,27). The molecule has 30 heavy (non-hydrogen) atoms. The van der Waals surface area contributed by atoms with E-state index in [1.807, 2.05) is 6.92 Å². The van der Waals surface area contributed by atoms with E-state index in [-0.39, 0.29) is 22.2 Å². The molecule has 0 aliphatic carbocycles. The maximum absolute atomic E-state index is 13.0. The first-order valence-corrected chi connectivity index (χ1v) is 11.7. The zero-order valence-electron chi connectivity index (χ0n) is 18.6. The lowest BCUT2D eigenvalue weighted by Crippen LogP contribution is -2.32. The van der Waals surface area contributed by atoms with Crippen molar-refractivity contribution in [3.05, 3.63) is 41.6 Å². The van der Waals surface area contributed by atoms with Gasteiger partial charge in [-0.05, 0) is 51.5 Å². The first kappa shape index (κ1) is 23.9. The normalized spacial score (nSPS) is 11.7. The fraction of sp³-hybridized carbons (Fsp3) is 0.524. The molecule has 1 aromatic carbocycles. The molecular weight excluding hydrogens is 402 g/mol. The molecule has 0 unspecified atom stereocenters. The molecule has 0 saturated heterocycles. The average Bonchev–Trinajstić information content (AvgIpc) is 3.11. The van der Waals surface area contributed by atoms with E-state index in [9.17, 15) is 13.2 Å². The molecule has 0 radical (unpaired) electrons. The van der Waals surface area contributed by atoms with E-state index in [0.29, 0.717) is 6.54 Å².